The van der Waals surface area contributed by atoms with Crippen LogP contribution in [0.3, 0.4) is 0 Å². The van der Waals surface area contributed by atoms with E-state index in [2.05, 4.69) is 15.6 Å². The molecule has 7 heteroatoms. The molecule has 0 spiro atoms. The SMILES string of the molecule is CC(C)NC(=O)C(C)NC(=O)N1CCn2c1nc1ccccc12. The Morgan fingerprint density at radius 1 is 1.13 bits per heavy atom. The first-order chi connectivity index (χ1) is 11.0. The number of para-hydroxylation sites is 2. The second kappa shape index (κ2) is 5.91. The van der Waals surface area contributed by atoms with Crippen LogP contribution in [0.4, 0.5) is 10.7 Å². The summed E-state index contributed by atoms with van der Waals surface area (Å²) >= 11 is 0. The Labute approximate surface area is 134 Å². The van der Waals surface area contributed by atoms with Crippen LogP contribution in [0.25, 0.3) is 11.0 Å². The minimum Gasteiger partial charge on any atom is -0.352 e. The molecule has 1 aromatic heterocycles. The van der Waals surface area contributed by atoms with Gasteiger partial charge in [0.25, 0.3) is 0 Å². The molecule has 2 aromatic rings. The molecule has 0 aliphatic carbocycles. The highest BCUT2D eigenvalue weighted by Crippen LogP contribution is 2.26. The van der Waals surface area contributed by atoms with Crippen LogP contribution in [-0.2, 0) is 11.3 Å². The van der Waals surface area contributed by atoms with Crippen LogP contribution in [0, 0.1) is 0 Å². The van der Waals surface area contributed by atoms with Gasteiger partial charge in [0, 0.05) is 19.1 Å². The number of benzene rings is 1. The number of carbonyl (C=O) groups excluding carboxylic acids is 2. The second-order valence-corrected chi connectivity index (χ2v) is 6.04. The molecule has 0 saturated carbocycles. The van der Waals surface area contributed by atoms with E-state index in [1.54, 1.807) is 11.8 Å². The maximum absolute atomic E-state index is 12.5. The predicted molar refractivity (Wildman–Crippen MR) is 88.4 cm³/mol. The molecule has 3 rings (SSSR count). The molecule has 1 atom stereocenters. The number of rotatable bonds is 3. The van der Waals surface area contributed by atoms with E-state index in [1.165, 1.54) is 0 Å². The number of carbonyl (C=O) groups is 2. The van der Waals surface area contributed by atoms with Crippen LogP contribution in [0.15, 0.2) is 24.3 Å². The lowest BCUT2D eigenvalue weighted by Crippen LogP contribution is -2.50. The van der Waals surface area contributed by atoms with Gasteiger partial charge in [0.15, 0.2) is 0 Å². The standard InChI is InChI=1S/C16H21N5O2/c1-10(2)17-14(22)11(3)18-16(23)21-9-8-20-13-7-5-4-6-12(13)19-15(20)21/h4-7,10-11H,8-9H2,1-3H3,(H,17,22)(H,18,23). The molecule has 1 aliphatic rings. The minimum absolute atomic E-state index is 0.0397. The molecule has 2 N–H and O–H groups in total. The highest BCUT2D eigenvalue weighted by atomic mass is 16.2. The minimum atomic E-state index is -0.594. The number of urea groups is 1. The van der Waals surface area contributed by atoms with Crippen LogP contribution in [0.5, 0.6) is 0 Å². The number of hydrogen-bond acceptors (Lipinski definition) is 3. The fourth-order valence-electron chi connectivity index (χ4n) is 2.72. The Hall–Kier alpha value is -2.57. The quantitative estimate of drug-likeness (QED) is 0.900. The summed E-state index contributed by atoms with van der Waals surface area (Å²) in [5.41, 5.74) is 1.88. The number of nitrogens with one attached hydrogen (secondary N) is 2. The molecule has 0 radical (unpaired) electrons. The number of hydrogen-bond donors (Lipinski definition) is 2. The lowest BCUT2D eigenvalue weighted by Gasteiger charge is -2.20. The molecule has 1 aliphatic heterocycles. The number of fused-ring (bicyclic) bond motifs is 3. The molecular formula is C16H21N5O2. The van der Waals surface area contributed by atoms with Crippen molar-refractivity contribution in [3.63, 3.8) is 0 Å². The normalized spacial score (nSPS) is 14.9. The monoisotopic (exact) mass is 315 g/mol. The van der Waals surface area contributed by atoms with Gasteiger partial charge in [-0.15, -0.1) is 0 Å². The van der Waals surface area contributed by atoms with Crippen molar-refractivity contribution in [2.24, 2.45) is 0 Å². The van der Waals surface area contributed by atoms with Crippen LogP contribution in [0.1, 0.15) is 20.8 Å². The topological polar surface area (TPSA) is 79.3 Å². The van der Waals surface area contributed by atoms with Crippen molar-refractivity contribution in [3.8, 4) is 0 Å². The first kappa shape index (κ1) is 15.3. The molecular weight excluding hydrogens is 294 g/mol. The molecule has 2 heterocycles. The van der Waals surface area contributed by atoms with Crippen molar-refractivity contribution in [2.75, 3.05) is 11.4 Å². The molecule has 3 amide bonds. The zero-order chi connectivity index (χ0) is 16.6. The van der Waals surface area contributed by atoms with Crippen LogP contribution >= 0.6 is 0 Å². The maximum atomic E-state index is 12.5. The third kappa shape index (κ3) is 2.86. The van der Waals surface area contributed by atoms with Gasteiger partial charge in [0.2, 0.25) is 11.9 Å². The van der Waals surface area contributed by atoms with Gasteiger partial charge in [-0.25, -0.2) is 9.78 Å². The van der Waals surface area contributed by atoms with Crippen molar-refractivity contribution in [1.82, 2.24) is 20.2 Å². The third-order valence-corrected chi connectivity index (χ3v) is 3.83. The molecule has 7 nitrogen and oxygen atoms in total. The fraction of sp³-hybridized carbons (Fsp3) is 0.438. The first-order valence-electron chi connectivity index (χ1n) is 7.81. The van der Waals surface area contributed by atoms with E-state index < -0.39 is 6.04 Å². The summed E-state index contributed by atoms with van der Waals surface area (Å²) < 4.78 is 2.02. The molecule has 0 saturated heterocycles. The van der Waals surface area contributed by atoms with E-state index in [9.17, 15) is 9.59 Å². The van der Waals surface area contributed by atoms with Gasteiger partial charge in [0.1, 0.15) is 6.04 Å². The summed E-state index contributed by atoms with van der Waals surface area (Å²) in [7, 11) is 0. The lowest BCUT2D eigenvalue weighted by molar-refractivity contribution is -0.123. The van der Waals surface area contributed by atoms with Gasteiger partial charge in [-0.1, -0.05) is 12.1 Å². The maximum Gasteiger partial charge on any atom is 0.324 e. The second-order valence-electron chi connectivity index (χ2n) is 6.04. The van der Waals surface area contributed by atoms with Crippen molar-refractivity contribution in [3.05, 3.63) is 24.3 Å². The largest absolute Gasteiger partial charge is 0.352 e. The van der Waals surface area contributed by atoms with E-state index in [1.807, 2.05) is 42.7 Å². The van der Waals surface area contributed by atoms with Gasteiger partial charge < -0.3 is 15.2 Å². The smallest absolute Gasteiger partial charge is 0.324 e. The molecule has 1 aromatic carbocycles. The Bertz CT molecular complexity index is 752. The van der Waals surface area contributed by atoms with Crippen LogP contribution in [-0.4, -0.2) is 40.1 Å². The Kier molecular flexibility index (Phi) is 3.94. The number of aromatic nitrogens is 2. The number of anilines is 1. The van der Waals surface area contributed by atoms with Crippen molar-refractivity contribution in [2.45, 2.75) is 39.4 Å². The molecule has 0 bridgehead atoms. The lowest BCUT2D eigenvalue weighted by atomic mass is 10.3. The molecule has 0 fully saturated rings. The van der Waals surface area contributed by atoms with E-state index in [4.69, 9.17) is 0 Å². The summed E-state index contributed by atoms with van der Waals surface area (Å²) in [5.74, 6) is 0.432. The van der Waals surface area contributed by atoms with Gasteiger partial charge in [0.05, 0.1) is 11.0 Å². The van der Waals surface area contributed by atoms with Crippen molar-refractivity contribution < 1.29 is 9.59 Å². The van der Waals surface area contributed by atoms with E-state index in [0.29, 0.717) is 19.0 Å². The zero-order valence-electron chi connectivity index (χ0n) is 13.5. The van der Waals surface area contributed by atoms with Gasteiger partial charge in [-0.3, -0.25) is 9.69 Å². The Morgan fingerprint density at radius 2 is 1.87 bits per heavy atom. The van der Waals surface area contributed by atoms with Gasteiger partial charge >= 0.3 is 6.03 Å². The summed E-state index contributed by atoms with van der Waals surface area (Å²) in [4.78, 5) is 30.5. The van der Waals surface area contributed by atoms with Gasteiger partial charge in [-0.2, -0.15) is 0 Å². The summed E-state index contributed by atoms with van der Waals surface area (Å²) in [6, 6.07) is 6.94. The van der Waals surface area contributed by atoms with E-state index in [-0.39, 0.29) is 18.0 Å². The van der Waals surface area contributed by atoms with E-state index in [0.717, 1.165) is 11.0 Å². The fourth-order valence-corrected chi connectivity index (χ4v) is 2.72. The van der Waals surface area contributed by atoms with Crippen molar-refractivity contribution in [1.29, 1.82) is 0 Å². The first-order valence-corrected chi connectivity index (χ1v) is 7.81. The van der Waals surface area contributed by atoms with E-state index >= 15 is 0 Å². The Balaban J connectivity index is 1.74. The summed E-state index contributed by atoms with van der Waals surface area (Å²) in [6.07, 6.45) is 0. The number of nitrogens with zero attached hydrogens (tertiary/aromatic N) is 3. The molecule has 122 valence electrons. The van der Waals surface area contributed by atoms with Gasteiger partial charge in [-0.05, 0) is 32.9 Å². The van der Waals surface area contributed by atoms with Crippen LogP contribution in [0.2, 0.25) is 0 Å². The highest BCUT2D eigenvalue weighted by Gasteiger charge is 2.29. The average molecular weight is 315 g/mol. The Morgan fingerprint density at radius 3 is 2.61 bits per heavy atom. The number of amides is 3. The summed E-state index contributed by atoms with van der Waals surface area (Å²) in [5, 5.41) is 5.52. The highest BCUT2D eigenvalue weighted by molar-refractivity contribution is 5.96. The molecule has 1 unspecified atom stereocenters. The molecule has 23 heavy (non-hydrogen) atoms. The average Bonchev–Trinajstić information content (AvgIpc) is 3.04. The van der Waals surface area contributed by atoms with Crippen molar-refractivity contribution >= 4 is 28.9 Å². The predicted octanol–water partition coefficient (Wildman–Crippen LogP) is 1.48. The van der Waals surface area contributed by atoms with Crippen LogP contribution < -0.4 is 15.5 Å². The third-order valence-electron chi connectivity index (χ3n) is 3.83. The number of imidazole rings is 1. The summed E-state index contributed by atoms with van der Waals surface area (Å²) in [6.45, 7) is 6.70. The zero-order valence-corrected chi connectivity index (χ0v) is 13.5.